The van der Waals surface area contributed by atoms with Crippen LogP contribution in [0.15, 0.2) is 0 Å². The van der Waals surface area contributed by atoms with Gasteiger partial charge in [-0.25, -0.2) is 0 Å². The molecular weight excluding hydrogens is 222 g/mol. The van der Waals surface area contributed by atoms with E-state index >= 15 is 0 Å². The third kappa shape index (κ3) is 6.72. The maximum atomic E-state index is 3.61. The van der Waals surface area contributed by atoms with Crippen molar-refractivity contribution in [2.75, 3.05) is 40.3 Å². The van der Waals surface area contributed by atoms with Crippen LogP contribution in [-0.2, 0) is 0 Å². The van der Waals surface area contributed by atoms with Crippen LogP contribution in [0.1, 0.15) is 46.0 Å². The van der Waals surface area contributed by atoms with Gasteiger partial charge >= 0.3 is 0 Å². The number of likely N-dealkylation sites (tertiary alicyclic amines) is 1. The lowest BCUT2D eigenvalue weighted by atomic mass is 10.0. The molecule has 0 spiro atoms. The Hall–Kier alpha value is -0.120. The standard InChI is InChI=1S/C15H33N3/c1-14(16-10-13-17(3)4)8-9-15(2)18-11-6-5-7-12-18/h14-16H,5-13H2,1-4H3. The fraction of sp³-hybridized carbons (Fsp3) is 1.00. The first-order chi connectivity index (χ1) is 8.59. The summed E-state index contributed by atoms with van der Waals surface area (Å²) in [6.07, 6.45) is 6.87. The van der Waals surface area contributed by atoms with Crippen LogP contribution >= 0.6 is 0 Å². The smallest absolute Gasteiger partial charge is 0.0101 e. The predicted molar refractivity (Wildman–Crippen MR) is 80.1 cm³/mol. The largest absolute Gasteiger partial charge is 0.313 e. The highest BCUT2D eigenvalue weighted by Gasteiger charge is 2.16. The molecule has 0 aromatic rings. The van der Waals surface area contributed by atoms with Gasteiger partial charge in [-0.3, -0.25) is 0 Å². The van der Waals surface area contributed by atoms with E-state index in [4.69, 9.17) is 0 Å². The summed E-state index contributed by atoms with van der Waals surface area (Å²) in [5.74, 6) is 0. The van der Waals surface area contributed by atoms with Crippen LogP contribution in [0.3, 0.4) is 0 Å². The van der Waals surface area contributed by atoms with Crippen LogP contribution in [0.25, 0.3) is 0 Å². The zero-order valence-electron chi connectivity index (χ0n) is 12.9. The van der Waals surface area contributed by atoms with E-state index in [-0.39, 0.29) is 0 Å². The Balaban J connectivity index is 2.07. The number of nitrogens with zero attached hydrogens (tertiary/aromatic N) is 2. The summed E-state index contributed by atoms with van der Waals surface area (Å²) in [7, 11) is 4.26. The second-order valence-electron chi connectivity index (χ2n) is 6.18. The van der Waals surface area contributed by atoms with E-state index in [0.29, 0.717) is 6.04 Å². The average molecular weight is 255 g/mol. The monoisotopic (exact) mass is 255 g/mol. The molecule has 0 aliphatic carbocycles. The molecule has 0 radical (unpaired) electrons. The fourth-order valence-electron chi connectivity index (χ4n) is 2.67. The molecule has 1 N–H and O–H groups in total. The number of hydrogen-bond acceptors (Lipinski definition) is 3. The molecule has 3 nitrogen and oxygen atoms in total. The maximum absolute atomic E-state index is 3.61. The van der Waals surface area contributed by atoms with Crippen molar-refractivity contribution in [3.05, 3.63) is 0 Å². The SMILES string of the molecule is CC(CCC(C)N1CCCCC1)NCCN(C)C. The Morgan fingerprint density at radius 3 is 2.33 bits per heavy atom. The zero-order chi connectivity index (χ0) is 13.4. The van der Waals surface area contributed by atoms with E-state index < -0.39 is 0 Å². The van der Waals surface area contributed by atoms with Crippen molar-refractivity contribution in [1.29, 1.82) is 0 Å². The molecule has 3 heteroatoms. The van der Waals surface area contributed by atoms with E-state index in [0.717, 1.165) is 19.1 Å². The van der Waals surface area contributed by atoms with Gasteiger partial charge in [0.1, 0.15) is 0 Å². The van der Waals surface area contributed by atoms with Gasteiger partial charge in [-0.15, -0.1) is 0 Å². The first kappa shape index (κ1) is 15.9. The number of hydrogen-bond donors (Lipinski definition) is 1. The van der Waals surface area contributed by atoms with E-state index in [2.05, 4.69) is 43.1 Å². The third-order valence-electron chi connectivity index (χ3n) is 4.08. The van der Waals surface area contributed by atoms with Crippen molar-refractivity contribution >= 4 is 0 Å². The van der Waals surface area contributed by atoms with Gasteiger partial charge < -0.3 is 15.1 Å². The summed E-state index contributed by atoms with van der Waals surface area (Å²) in [5, 5.41) is 3.61. The molecule has 0 saturated carbocycles. The zero-order valence-corrected chi connectivity index (χ0v) is 12.9. The van der Waals surface area contributed by atoms with Gasteiger partial charge in [-0.05, 0) is 66.7 Å². The quantitative estimate of drug-likeness (QED) is 0.717. The summed E-state index contributed by atoms with van der Waals surface area (Å²) in [4.78, 5) is 4.91. The van der Waals surface area contributed by atoms with Gasteiger partial charge in [-0.1, -0.05) is 6.42 Å². The first-order valence-electron chi connectivity index (χ1n) is 7.71. The number of rotatable bonds is 8. The lowest BCUT2D eigenvalue weighted by molar-refractivity contribution is 0.162. The Kier molecular flexibility index (Phi) is 7.87. The van der Waals surface area contributed by atoms with Crippen LogP contribution in [0.5, 0.6) is 0 Å². The average Bonchev–Trinajstić information content (AvgIpc) is 2.36. The molecule has 0 aromatic carbocycles. The molecule has 2 atom stereocenters. The Morgan fingerprint density at radius 2 is 1.72 bits per heavy atom. The molecule has 0 aromatic heterocycles. The highest BCUT2D eigenvalue weighted by atomic mass is 15.2. The molecule has 108 valence electrons. The van der Waals surface area contributed by atoms with Crippen LogP contribution in [0.4, 0.5) is 0 Å². The minimum atomic E-state index is 0.650. The van der Waals surface area contributed by atoms with Crippen molar-refractivity contribution in [1.82, 2.24) is 15.1 Å². The Labute approximate surface area is 114 Å². The van der Waals surface area contributed by atoms with Crippen LogP contribution in [-0.4, -0.2) is 62.2 Å². The minimum Gasteiger partial charge on any atom is -0.313 e. The lowest BCUT2D eigenvalue weighted by Gasteiger charge is -2.33. The number of likely N-dealkylation sites (N-methyl/N-ethyl adjacent to an activating group) is 1. The van der Waals surface area contributed by atoms with Crippen molar-refractivity contribution < 1.29 is 0 Å². The second kappa shape index (κ2) is 8.89. The Morgan fingerprint density at radius 1 is 1.06 bits per heavy atom. The molecule has 2 unspecified atom stereocenters. The van der Waals surface area contributed by atoms with E-state index in [1.54, 1.807) is 0 Å². The Bertz CT molecular complexity index is 200. The van der Waals surface area contributed by atoms with Gasteiger partial charge in [0, 0.05) is 25.2 Å². The summed E-state index contributed by atoms with van der Waals surface area (Å²) in [5.41, 5.74) is 0. The lowest BCUT2D eigenvalue weighted by Crippen LogP contribution is -2.39. The van der Waals surface area contributed by atoms with Crippen molar-refractivity contribution in [3.8, 4) is 0 Å². The minimum absolute atomic E-state index is 0.650. The molecule has 1 aliphatic heterocycles. The van der Waals surface area contributed by atoms with Gasteiger partial charge in [0.05, 0.1) is 0 Å². The normalized spacial score (nSPS) is 21.2. The molecule has 1 rings (SSSR count). The fourth-order valence-corrected chi connectivity index (χ4v) is 2.67. The van der Waals surface area contributed by atoms with E-state index in [1.165, 1.54) is 45.2 Å². The molecule has 1 heterocycles. The van der Waals surface area contributed by atoms with Crippen molar-refractivity contribution in [2.45, 2.75) is 58.0 Å². The number of piperidine rings is 1. The van der Waals surface area contributed by atoms with Gasteiger partial charge in [0.2, 0.25) is 0 Å². The van der Waals surface area contributed by atoms with Crippen LogP contribution < -0.4 is 5.32 Å². The summed E-state index contributed by atoms with van der Waals surface area (Å²) in [6.45, 7) is 9.60. The highest BCUT2D eigenvalue weighted by Crippen LogP contribution is 2.15. The van der Waals surface area contributed by atoms with Gasteiger partial charge in [-0.2, -0.15) is 0 Å². The molecule has 0 bridgehead atoms. The van der Waals surface area contributed by atoms with Crippen LogP contribution in [0, 0.1) is 0 Å². The topological polar surface area (TPSA) is 18.5 Å². The summed E-state index contributed by atoms with van der Waals surface area (Å²) >= 11 is 0. The van der Waals surface area contributed by atoms with Crippen LogP contribution in [0.2, 0.25) is 0 Å². The molecule has 1 saturated heterocycles. The van der Waals surface area contributed by atoms with E-state index in [9.17, 15) is 0 Å². The number of nitrogens with one attached hydrogen (secondary N) is 1. The maximum Gasteiger partial charge on any atom is 0.0101 e. The second-order valence-corrected chi connectivity index (χ2v) is 6.18. The van der Waals surface area contributed by atoms with Crippen molar-refractivity contribution in [3.63, 3.8) is 0 Å². The van der Waals surface area contributed by atoms with Gasteiger partial charge in [0.15, 0.2) is 0 Å². The van der Waals surface area contributed by atoms with E-state index in [1.807, 2.05) is 0 Å². The predicted octanol–water partition coefficient (Wildman–Crippen LogP) is 2.18. The first-order valence-corrected chi connectivity index (χ1v) is 7.71. The third-order valence-corrected chi connectivity index (χ3v) is 4.08. The molecule has 1 aliphatic rings. The molecule has 0 amide bonds. The summed E-state index contributed by atoms with van der Waals surface area (Å²) < 4.78 is 0. The highest BCUT2D eigenvalue weighted by molar-refractivity contribution is 4.73. The summed E-state index contributed by atoms with van der Waals surface area (Å²) in [6, 6.07) is 1.42. The molecule has 1 fully saturated rings. The molecular formula is C15H33N3. The van der Waals surface area contributed by atoms with Gasteiger partial charge in [0.25, 0.3) is 0 Å². The van der Waals surface area contributed by atoms with Crippen molar-refractivity contribution in [2.24, 2.45) is 0 Å². The molecule has 18 heavy (non-hydrogen) atoms.